The fraction of sp³-hybridized carbons (Fsp3) is 0.0196. The van der Waals surface area contributed by atoms with E-state index in [1.807, 2.05) is 0 Å². The second-order valence-electron chi connectivity index (χ2n) is 14.6. The molecular weight excluding hydrogens is 669 g/mol. The summed E-state index contributed by atoms with van der Waals surface area (Å²) < 4.78 is 4.60. The van der Waals surface area contributed by atoms with E-state index in [0.29, 0.717) is 0 Å². The van der Waals surface area contributed by atoms with Crippen molar-refractivity contribution in [3.63, 3.8) is 0 Å². The van der Waals surface area contributed by atoms with Gasteiger partial charge >= 0.3 is 0 Å². The maximum Gasteiger partial charge on any atom is 0.145 e. The zero-order valence-electron chi connectivity index (χ0n) is 29.8. The minimum Gasteiger partial charge on any atom is -0.292 e. The Labute approximate surface area is 318 Å². The van der Waals surface area contributed by atoms with E-state index in [4.69, 9.17) is 9.97 Å². The van der Waals surface area contributed by atoms with Crippen molar-refractivity contribution in [2.24, 2.45) is 0 Å². The van der Waals surface area contributed by atoms with Gasteiger partial charge in [0.05, 0.1) is 27.5 Å². The summed E-state index contributed by atoms with van der Waals surface area (Å²) in [6, 6.07) is 70.1. The van der Waals surface area contributed by atoms with Gasteiger partial charge in [0, 0.05) is 22.5 Å². The standard InChI is InChI=1S/C51H32N4/c1-3-15-35(16-4-1)54-47-25-13-11-23-45(47)52-49(54)33-27-29-39-37-19-7-9-21-41(37)51(43(39)31-33)42-22-10-8-20-38(42)40-30-28-34(32-44(40)51)50-53-46-24-12-14-26-48(46)55(50)36-17-5-2-6-18-36/h1-32H. The number of hydrogen-bond acceptors (Lipinski definition) is 2. The first kappa shape index (κ1) is 30.2. The van der Waals surface area contributed by atoms with Crippen molar-refractivity contribution < 1.29 is 0 Å². The molecule has 2 aromatic heterocycles. The van der Waals surface area contributed by atoms with Crippen molar-refractivity contribution in [2.75, 3.05) is 0 Å². The normalized spacial score (nSPS) is 13.2. The summed E-state index contributed by atoms with van der Waals surface area (Å²) in [5.74, 6) is 1.86. The monoisotopic (exact) mass is 700 g/mol. The summed E-state index contributed by atoms with van der Waals surface area (Å²) in [4.78, 5) is 10.6. The Morgan fingerprint density at radius 1 is 0.327 bits per heavy atom. The van der Waals surface area contributed by atoms with Gasteiger partial charge in [-0.1, -0.05) is 133 Å². The topological polar surface area (TPSA) is 35.6 Å². The van der Waals surface area contributed by atoms with Crippen LogP contribution in [0.25, 0.3) is 78.5 Å². The first-order chi connectivity index (χ1) is 27.3. The van der Waals surface area contributed by atoms with E-state index in [-0.39, 0.29) is 0 Å². The van der Waals surface area contributed by atoms with Crippen LogP contribution in [0.1, 0.15) is 22.3 Å². The Bertz CT molecular complexity index is 2940. The molecule has 12 rings (SSSR count). The molecule has 256 valence electrons. The van der Waals surface area contributed by atoms with Crippen LogP contribution in [-0.4, -0.2) is 19.1 Å². The van der Waals surface area contributed by atoms with Gasteiger partial charge in [-0.05, 0) is 105 Å². The molecule has 0 unspecified atom stereocenters. The van der Waals surface area contributed by atoms with Crippen molar-refractivity contribution in [1.29, 1.82) is 0 Å². The number of hydrogen-bond donors (Lipinski definition) is 0. The predicted octanol–water partition coefficient (Wildman–Crippen LogP) is 12.0. The molecule has 0 amide bonds. The molecule has 0 saturated carbocycles. The summed E-state index contributed by atoms with van der Waals surface area (Å²) in [6.07, 6.45) is 0. The quantitative estimate of drug-likeness (QED) is 0.183. The fourth-order valence-corrected chi connectivity index (χ4v) is 9.53. The molecule has 2 aliphatic carbocycles. The average Bonchev–Trinajstić information content (AvgIpc) is 3.99. The van der Waals surface area contributed by atoms with E-state index in [1.165, 1.54) is 44.5 Å². The molecule has 2 heterocycles. The lowest BCUT2D eigenvalue weighted by molar-refractivity contribution is 0.794. The van der Waals surface area contributed by atoms with Crippen LogP contribution in [0.15, 0.2) is 194 Å². The summed E-state index contributed by atoms with van der Waals surface area (Å²) >= 11 is 0. The number of rotatable bonds is 4. The maximum absolute atomic E-state index is 5.30. The second-order valence-corrected chi connectivity index (χ2v) is 14.6. The van der Waals surface area contributed by atoms with Crippen LogP contribution in [0.2, 0.25) is 0 Å². The van der Waals surface area contributed by atoms with Crippen LogP contribution in [-0.2, 0) is 5.41 Å². The number of para-hydroxylation sites is 6. The van der Waals surface area contributed by atoms with Gasteiger partial charge in [-0.15, -0.1) is 0 Å². The van der Waals surface area contributed by atoms with E-state index in [1.54, 1.807) is 0 Å². The molecule has 8 aromatic carbocycles. The first-order valence-electron chi connectivity index (χ1n) is 18.8. The Hall–Kier alpha value is -7.30. The van der Waals surface area contributed by atoms with Gasteiger partial charge in [0.1, 0.15) is 11.6 Å². The van der Waals surface area contributed by atoms with Gasteiger partial charge in [-0.2, -0.15) is 0 Å². The van der Waals surface area contributed by atoms with E-state index >= 15 is 0 Å². The molecule has 0 bridgehead atoms. The van der Waals surface area contributed by atoms with Crippen molar-refractivity contribution >= 4 is 22.1 Å². The van der Waals surface area contributed by atoms with E-state index < -0.39 is 5.41 Å². The number of benzene rings is 8. The highest BCUT2D eigenvalue weighted by Gasteiger charge is 2.52. The minimum atomic E-state index is -0.545. The molecule has 0 N–H and O–H groups in total. The molecular formula is C51H32N4. The third-order valence-corrected chi connectivity index (χ3v) is 11.8. The van der Waals surface area contributed by atoms with E-state index in [2.05, 4.69) is 203 Å². The Balaban J connectivity index is 1.15. The van der Waals surface area contributed by atoms with Crippen molar-refractivity contribution in [1.82, 2.24) is 19.1 Å². The molecule has 1 spiro atoms. The van der Waals surface area contributed by atoms with Crippen LogP contribution >= 0.6 is 0 Å². The van der Waals surface area contributed by atoms with Crippen LogP contribution in [0, 0.1) is 0 Å². The highest BCUT2D eigenvalue weighted by Crippen LogP contribution is 2.63. The van der Waals surface area contributed by atoms with Crippen LogP contribution in [0.5, 0.6) is 0 Å². The van der Waals surface area contributed by atoms with Gasteiger partial charge < -0.3 is 0 Å². The molecule has 4 nitrogen and oxygen atoms in total. The second kappa shape index (κ2) is 11.3. The minimum absolute atomic E-state index is 0.545. The van der Waals surface area contributed by atoms with Crippen molar-refractivity contribution in [3.05, 3.63) is 216 Å². The van der Waals surface area contributed by atoms with Gasteiger partial charge in [-0.3, -0.25) is 9.13 Å². The fourth-order valence-electron chi connectivity index (χ4n) is 9.53. The van der Waals surface area contributed by atoms with Gasteiger partial charge in [-0.25, -0.2) is 9.97 Å². The number of fused-ring (bicyclic) bond motifs is 12. The molecule has 0 radical (unpaired) electrons. The van der Waals surface area contributed by atoms with Gasteiger partial charge in [0.25, 0.3) is 0 Å². The van der Waals surface area contributed by atoms with Crippen LogP contribution < -0.4 is 0 Å². The third-order valence-electron chi connectivity index (χ3n) is 11.8. The Morgan fingerprint density at radius 3 is 1.18 bits per heavy atom. The van der Waals surface area contributed by atoms with Crippen molar-refractivity contribution in [3.8, 4) is 56.4 Å². The lowest BCUT2D eigenvalue weighted by Crippen LogP contribution is -2.26. The highest BCUT2D eigenvalue weighted by molar-refractivity contribution is 5.97. The SMILES string of the molecule is c1ccc(-n2c(-c3ccc4c(c3)C3(c5ccccc5-4)c4ccccc4-c4ccc(-c5nc6ccccc6n5-c5ccccc5)cc43)nc3ccccc32)cc1. The number of aromatic nitrogens is 4. The first-order valence-corrected chi connectivity index (χ1v) is 18.8. The molecule has 55 heavy (non-hydrogen) atoms. The maximum atomic E-state index is 5.30. The van der Waals surface area contributed by atoms with Crippen molar-refractivity contribution in [2.45, 2.75) is 5.41 Å². The Morgan fingerprint density at radius 2 is 0.709 bits per heavy atom. The average molecular weight is 701 g/mol. The van der Waals surface area contributed by atoms with E-state index in [9.17, 15) is 0 Å². The summed E-state index contributed by atoms with van der Waals surface area (Å²) in [6.45, 7) is 0. The predicted molar refractivity (Wildman–Crippen MR) is 223 cm³/mol. The molecule has 2 aliphatic rings. The molecule has 4 heteroatoms. The molecule has 0 aliphatic heterocycles. The summed E-state index contributed by atoms with van der Waals surface area (Å²) in [7, 11) is 0. The van der Waals surface area contributed by atoms with Gasteiger partial charge in [0.15, 0.2) is 0 Å². The lowest BCUT2D eigenvalue weighted by Gasteiger charge is -2.31. The molecule has 10 aromatic rings. The van der Waals surface area contributed by atoms with Crippen LogP contribution in [0.4, 0.5) is 0 Å². The molecule has 0 fully saturated rings. The summed E-state index contributed by atoms with van der Waals surface area (Å²) in [5.41, 5.74) is 18.1. The molecule has 0 saturated heterocycles. The van der Waals surface area contributed by atoms with E-state index in [0.717, 1.165) is 56.2 Å². The smallest absolute Gasteiger partial charge is 0.145 e. The van der Waals surface area contributed by atoms with Crippen LogP contribution in [0.3, 0.4) is 0 Å². The number of nitrogens with zero attached hydrogens (tertiary/aromatic N) is 4. The highest BCUT2D eigenvalue weighted by atomic mass is 15.1. The largest absolute Gasteiger partial charge is 0.292 e. The summed E-state index contributed by atoms with van der Waals surface area (Å²) in [5, 5.41) is 0. The third kappa shape index (κ3) is 4.11. The zero-order valence-corrected chi connectivity index (χ0v) is 29.8. The number of imidazole rings is 2. The zero-order chi connectivity index (χ0) is 36.1. The Kier molecular flexibility index (Phi) is 6.23. The lowest BCUT2D eigenvalue weighted by atomic mass is 9.70. The van der Waals surface area contributed by atoms with Gasteiger partial charge in [0.2, 0.25) is 0 Å². The molecule has 0 atom stereocenters.